The van der Waals surface area contributed by atoms with Gasteiger partial charge in [-0.2, -0.15) is 0 Å². The van der Waals surface area contributed by atoms with E-state index in [1.54, 1.807) is 13.8 Å². The Bertz CT molecular complexity index is 111. The molecular formula is C6H12O4. The van der Waals surface area contributed by atoms with E-state index in [-0.39, 0.29) is 12.5 Å². The predicted octanol–water partition coefficient (Wildman–Crippen LogP) is -0.204. The molecule has 2 N–H and O–H groups in total. The minimum Gasteiger partial charge on any atom is -0.349 e. The van der Waals surface area contributed by atoms with Crippen LogP contribution in [0.4, 0.5) is 0 Å². The summed E-state index contributed by atoms with van der Waals surface area (Å²) in [4.78, 5) is 0. The quantitative estimate of drug-likeness (QED) is 0.467. The van der Waals surface area contributed by atoms with Crippen LogP contribution in [0.15, 0.2) is 0 Å². The highest BCUT2D eigenvalue weighted by molar-refractivity contribution is 4.64. The summed E-state index contributed by atoms with van der Waals surface area (Å²) >= 11 is 0. The SMILES string of the molecule is C[C@H]1O[C@H](C)CC(O)(O)O1. The first-order valence-corrected chi connectivity index (χ1v) is 3.27. The Balaban J connectivity index is 2.51. The summed E-state index contributed by atoms with van der Waals surface area (Å²) in [7, 11) is 0. The van der Waals surface area contributed by atoms with Gasteiger partial charge in [0.25, 0.3) is 5.97 Å². The molecule has 0 spiro atoms. The average molecular weight is 148 g/mol. The maximum Gasteiger partial charge on any atom is 0.282 e. The van der Waals surface area contributed by atoms with Gasteiger partial charge in [0.15, 0.2) is 6.29 Å². The van der Waals surface area contributed by atoms with Crippen LogP contribution in [0.3, 0.4) is 0 Å². The molecule has 1 aliphatic heterocycles. The Hall–Kier alpha value is -0.160. The molecule has 0 saturated carbocycles. The topological polar surface area (TPSA) is 58.9 Å². The third-order valence-electron chi connectivity index (χ3n) is 1.33. The lowest BCUT2D eigenvalue weighted by Gasteiger charge is -2.34. The Kier molecular flexibility index (Phi) is 1.96. The second-order valence-electron chi connectivity index (χ2n) is 2.58. The van der Waals surface area contributed by atoms with Gasteiger partial charge in [0.05, 0.1) is 12.5 Å². The molecule has 2 atom stereocenters. The van der Waals surface area contributed by atoms with Crippen LogP contribution in [-0.2, 0) is 9.47 Å². The van der Waals surface area contributed by atoms with Gasteiger partial charge in [0.1, 0.15) is 0 Å². The fourth-order valence-corrected chi connectivity index (χ4v) is 1.09. The first-order chi connectivity index (χ1) is 4.49. The third kappa shape index (κ3) is 1.91. The zero-order valence-corrected chi connectivity index (χ0v) is 6.07. The van der Waals surface area contributed by atoms with Gasteiger partial charge in [-0.05, 0) is 13.8 Å². The molecule has 0 aromatic heterocycles. The third-order valence-corrected chi connectivity index (χ3v) is 1.33. The Morgan fingerprint density at radius 1 is 1.40 bits per heavy atom. The van der Waals surface area contributed by atoms with Gasteiger partial charge in [-0.3, -0.25) is 4.74 Å². The molecule has 4 heteroatoms. The highest BCUT2D eigenvalue weighted by Crippen LogP contribution is 2.22. The molecule has 1 saturated heterocycles. The first kappa shape index (κ1) is 7.94. The van der Waals surface area contributed by atoms with Crippen molar-refractivity contribution in [2.45, 2.75) is 38.6 Å². The second-order valence-corrected chi connectivity index (χ2v) is 2.58. The van der Waals surface area contributed by atoms with Gasteiger partial charge in [-0.15, -0.1) is 0 Å². The van der Waals surface area contributed by atoms with E-state index < -0.39 is 12.3 Å². The molecule has 0 bridgehead atoms. The van der Waals surface area contributed by atoms with E-state index in [2.05, 4.69) is 4.74 Å². The standard InChI is InChI=1S/C6H12O4/c1-4-3-6(7,8)10-5(2)9-4/h4-5,7-8H,3H2,1-2H3/t4-,5+/m1/s1. The largest absolute Gasteiger partial charge is 0.349 e. The van der Waals surface area contributed by atoms with Crippen molar-refractivity contribution < 1.29 is 19.7 Å². The lowest BCUT2D eigenvalue weighted by Crippen LogP contribution is -2.45. The first-order valence-electron chi connectivity index (χ1n) is 3.27. The molecule has 1 rings (SSSR count). The molecule has 0 radical (unpaired) electrons. The lowest BCUT2D eigenvalue weighted by molar-refractivity contribution is -0.425. The van der Waals surface area contributed by atoms with Crippen LogP contribution >= 0.6 is 0 Å². The minimum atomic E-state index is -2.00. The van der Waals surface area contributed by atoms with Gasteiger partial charge in [-0.25, -0.2) is 0 Å². The minimum absolute atomic E-state index is 0.0946. The zero-order valence-electron chi connectivity index (χ0n) is 6.07. The molecule has 10 heavy (non-hydrogen) atoms. The number of hydrogen-bond donors (Lipinski definition) is 2. The molecule has 1 aliphatic rings. The number of rotatable bonds is 0. The molecule has 0 aromatic rings. The molecule has 0 aromatic carbocycles. The number of ether oxygens (including phenoxy) is 2. The molecule has 0 unspecified atom stereocenters. The molecule has 0 amide bonds. The Labute approximate surface area is 59.4 Å². The summed E-state index contributed by atoms with van der Waals surface area (Å²) in [5.41, 5.74) is 0. The maximum absolute atomic E-state index is 8.97. The van der Waals surface area contributed by atoms with Gasteiger partial charge in [-0.1, -0.05) is 0 Å². The van der Waals surface area contributed by atoms with E-state index in [4.69, 9.17) is 14.9 Å². The van der Waals surface area contributed by atoms with E-state index in [0.29, 0.717) is 0 Å². The van der Waals surface area contributed by atoms with Crippen LogP contribution in [0.5, 0.6) is 0 Å². The van der Waals surface area contributed by atoms with Crippen LogP contribution in [0.2, 0.25) is 0 Å². The monoisotopic (exact) mass is 148 g/mol. The molecule has 1 heterocycles. The highest BCUT2D eigenvalue weighted by Gasteiger charge is 2.35. The van der Waals surface area contributed by atoms with Gasteiger partial charge in [0, 0.05) is 0 Å². The molecule has 60 valence electrons. The average Bonchev–Trinajstić information content (AvgIpc) is 1.54. The van der Waals surface area contributed by atoms with E-state index in [1.807, 2.05) is 0 Å². The van der Waals surface area contributed by atoms with Crippen molar-refractivity contribution in [3.05, 3.63) is 0 Å². The zero-order chi connectivity index (χ0) is 7.78. The summed E-state index contributed by atoms with van der Waals surface area (Å²) in [5.74, 6) is -2.00. The number of hydrogen-bond acceptors (Lipinski definition) is 4. The fourth-order valence-electron chi connectivity index (χ4n) is 1.09. The smallest absolute Gasteiger partial charge is 0.282 e. The van der Waals surface area contributed by atoms with E-state index >= 15 is 0 Å². The maximum atomic E-state index is 8.97. The fraction of sp³-hybridized carbons (Fsp3) is 1.00. The summed E-state index contributed by atoms with van der Waals surface area (Å²) in [6.07, 6.45) is -0.616. The van der Waals surface area contributed by atoms with Crippen molar-refractivity contribution in [2.75, 3.05) is 0 Å². The Morgan fingerprint density at radius 3 is 2.40 bits per heavy atom. The van der Waals surface area contributed by atoms with Gasteiger partial charge >= 0.3 is 0 Å². The van der Waals surface area contributed by atoms with E-state index in [0.717, 1.165) is 0 Å². The summed E-state index contributed by atoms with van der Waals surface area (Å²) in [6, 6.07) is 0. The summed E-state index contributed by atoms with van der Waals surface area (Å²) in [6.45, 7) is 3.39. The molecule has 1 fully saturated rings. The van der Waals surface area contributed by atoms with Crippen LogP contribution in [0.1, 0.15) is 20.3 Å². The van der Waals surface area contributed by atoms with Crippen molar-refractivity contribution in [2.24, 2.45) is 0 Å². The van der Waals surface area contributed by atoms with Crippen LogP contribution < -0.4 is 0 Å². The van der Waals surface area contributed by atoms with Gasteiger partial charge < -0.3 is 14.9 Å². The predicted molar refractivity (Wildman–Crippen MR) is 32.9 cm³/mol. The molecule has 0 aliphatic carbocycles. The lowest BCUT2D eigenvalue weighted by atomic mass is 10.2. The summed E-state index contributed by atoms with van der Waals surface area (Å²) < 4.78 is 9.71. The highest BCUT2D eigenvalue weighted by atomic mass is 16.8. The Morgan fingerprint density at radius 2 is 2.00 bits per heavy atom. The molecule has 4 nitrogen and oxygen atoms in total. The second kappa shape index (κ2) is 2.47. The van der Waals surface area contributed by atoms with Crippen LogP contribution in [-0.4, -0.2) is 28.6 Å². The van der Waals surface area contributed by atoms with Crippen LogP contribution in [0.25, 0.3) is 0 Å². The van der Waals surface area contributed by atoms with Crippen molar-refractivity contribution in [1.82, 2.24) is 0 Å². The summed E-state index contributed by atoms with van der Waals surface area (Å²) in [5, 5.41) is 17.9. The van der Waals surface area contributed by atoms with Crippen molar-refractivity contribution in [1.29, 1.82) is 0 Å². The molecular weight excluding hydrogens is 136 g/mol. The number of aliphatic hydroxyl groups is 2. The van der Waals surface area contributed by atoms with Crippen molar-refractivity contribution in [3.63, 3.8) is 0 Å². The normalized spacial score (nSPS) is 39.6. The van der Waals surface area contributed by atoms with Crippen molar-refractivity contribution in [3.8, 4) is 0 Å². The van der Waals surface area contributed by atoms with Crippen molar-refractivity contribution >= 4 is 0 Å². The van der Waals surface area contributed by atoms with Gasteiger partial charge in [0.2, 0.25) is 0 Å². The van der Waals surface area contributed by atoms with Crippen LogP contribution in [0, 0.1) is 0 Å². The van der Waals surface area contributed by atoms with E-state index in [9.17, 15) is 0 Å². The van der Waals surface area contributed by atoms with E-state index in [1.165, 1.54) is 0 Å².